The van der Waals surface area contributed by atoms with Crippen LogP contribution >= 0.6 is 0 Å². The molecule has 2 aromatic rings. The molecule has 2 aromatic carbocycles. The van der Waals surface area contributed by atoms with Crippen LogP contribution < -0.4 is 5.32 Å². The molecule has 224 valence electrons. The standard InChI is InChI=1S/C33H35N3O7/c37-19-18-36-29-31(40)35(21-22-10-4-1-5-11-22)17-9-3-8-14-26(38)34-20-25(23-12-6-2-7-13-23)42-32(41)27-24-15-16-33(29,43-24)28(27)30(36)39/h1-7,9-13,15-16,24-25,27-29,37H,8,14,17-21H2,(H,34,38)/b9-3-/t24-,25-,27+,28+,29-,33+/m1/s1. The minimum absolute atomic E-state index is 0.0682. The topological polar surface area (TPSA) is 125 Å². The molecule has 0 aliphatic carbocycles. The van der Waals surface area contributed by atoms with E-state index in [1.165, 1.54) is 4.90 Å². The number of hydrogen-bond acceptors (Lipinski definition) is 7. The maximum absolute atomic E-state index is 14.4. The third-order valence-corrected chi connectivity index (χ3v) is 8.69. The summed E-state index contributed by atoms with van der Waals surface area (Å²) in [5, 5.41) is 12.8. The fourth-order valence-corrected chi connectivity index (χ4v) is 6.72. The maximum Gasteiger partial charge on any atom is 0.313 e. The highest BCUT2D eigenvalue weighted by atomic mass is 16.6. The molecule has 2 N–H and O–H groups in total. The highest BCUT2D eigenvalue weighted by molar-refractivity contribution is 5.99. The lowest BCUT2D eigenvalue weighted by atomic mass is 9.74. The summed E-state index contributed by atoms with van der Waals surface area (Å²) in [7, 11) is 0. The fraction of sp³-hybridized carbons (Fsp3) is 0.394. The minimum atomic E-state index is -1.37. The van der Waals surface area contributed by atoms with Crippen molar-refractivity contribution < 1.29 is 33.8 Å². The summed E-state index contributed by atoms with van der Waals surface area (Å²) < 4.78 is 12.4. The van der Waals surface area contributed by atoms with Gasteiger partial charge in [-0.1, -0.05) is 85.0 Å². The number of rotatable bonds is 5. The van der Waals surface area contributed by atoms with E-state index >= 15 is 0 Å². The van der Waals surface area contributed by atoms with Gasteiger partial charge in [0.2, 0.25) is 17.7 Å². The summed E-state index contributed by atoms with van der Waals surface area (Å²) in [5.74, 6) is -3.59. The molecule has 0 aromatic heterocycles. The average molecular weight is 586 g/mol. The lowest BCUT2D eigenvalue weighted by molar-refractivity contribution is -0.159. The molecule has 2 saturated heterocycles. The van der Waals surface area contributed by atoms with Crippen LogP contribution in [0, 0.1) is 11.8 Å². The molecule has 10 nitrogen and oxygen atoms in total. The van der Waals surface area contributed by atoms with Crippen LogP contribution in [0.15, 0.2) is 85.0 Å². The number of nitrogens with zero attached hydrogens (tertiary/aromatic N) is 2. The normalized spacial score (nSPS) is 31.6. The molecule has 4 aliphatic heterocycles. The van der Waals surface area contributed by atoms with Crippen molar-refractivity contribution in [2.45, 2.75) is 43.2 Å². The number of likely N-dealkylation sites (tertiary alicyclic amines) is 1. The largest absolute Gasteiger partial charge is 0.455 e. The molecule has 6 atom stereocenters. The zero-order valence-corrected chi connectivity index (χ0v) is 23.7. The SMILES string of the molecule is O=C1CC/C=C\CN(Cc2ccccc2)C(=O)[C@H]2N(CCO)C(=O)[C@@H]3[C@@H](C(=O)O[C@@H](c4ccccc4)CN1)[C@H]1C=C[C@]32O1. The second-order valence-electron chi connectivity index (χ2n) is 11.3. The van der Waals surface area contributed by atoms with Gasteiger partial charge in [0.1, 0.15) is 23.7 Å². The van der Waals surface area contributed by atoms with E-state index in [0.29, 0.717) is 12.0 Å². The summed E-state index contributed by atoms with van der Waals surface area (Å²) in [6.07, 6.45) is 6.32. The summed E-state index contributed by atoms with van der Waals surface area (Å²) in [6, 6.07) is 17.6. The Labute approximate surface area is 249 Å². The summed E-state index contributed by atoms with van der Waals surface area (Å²) in [5.41, 5.74) is 0.232. The van der Waals surface area contributed by atoms with Gasteiger partial charge >= 0.3 is 5.97 Å². The number of aliphatic hydroxyl groups is 1. The van der Waals surface area contributed by atoms with Crippen LogP contribution in [0.2, 0.25) is 0 Å². The van der Waals surface area contributed by atoms with E-state index in [2.05, 4.69) is 5.32 Å². The lowest BCUT2D eigenvalue weighted by Gasteiger charge is -2.35. The summed E-state index contributed by atoms with van der Waals surface area (Å²) in [6.45, 7) is 0.154. The number of amides is 3. The average Bonchev–Trinajstić information content (AvgIpc) is 3.66. The van der Waals surface area contributed by atoms with Gasteiger partial charge < -0.3 is 29.7 Å². The van der Waals surface area contributed by atoms with Crippen molar-refractivity contribution in [1.29, 1.82) is 0 Å². The van der Waals surface area contributed by atoms with Gasteiger partial charge in [-0.05, 0) is 17.5 Å². The molecule has 5 bridgehead atoms. The van der Waals surface area contributed by atoms with Crippen LogP contribution in [-0.2, 0) is 35.2 Å². The van der Waals surface area contributed by atoms with Gasteiger partial charge in [0.25, 0.3) is 0 Å². The van der Waals surface area contributed by atoms with Crippen LogP contribution in [0.3, 0.4) is 0 Å². The Bertz CT molecular complexity index is 1430. The maximum atomic E-state index is 14.4. The van der Waals surface area contributed by atoms with Gasteiger partial charge in [-0.25, -0.2) is 0 Å². The van der Waals surface area contributed by atoms with Crippen LogP contribution in [0.4, 0.5) is 0 Å². The number of aliphatic hydroxyl groups excluding tert-OH is 1. The Hall–Kier alpha value is -4.28. The van der Waals surface area contributed by atoms with E-state index in [0.717, 1.165) is 5.56 Å². The summed E-state index contributed by atoms with van der Waals surface area (Å²) >= 11 is 0. The number of fused-ring (bicyclic) bond motifs is 2. The third-order valence-electron chi connectivity index (χ3n) is 8.69. The molecule has 6 rings (SSSR count). The quantitative estimate of drug-likeness (QED) is 0.406. The molecular weight excluding hydrogens is 550 g/mol. The van der Waals surface area contributed by atoms with Crippen molar-refractivity contribution in [3.8, 4) is 0 Å². The Morgan fingerprint density at radius 2 is 1.70 bits per heavy atom. The molecule has 0 unspecified atom stereocenters. The van der Waals surface area contributed by atoms with Crippen molar-refractivity contribution in [2.75, 3.05) is 26.2 Å². The van der Waals surface area contributed by atoms with Crippen molar-refractivity contribution in [1.82, 2.24) is 15.1 Å². The second kappa shape index (κ2) is 12.1. The first kappa shape index (κ1) is 28.8. The van der Waals surface area contributed by atoms with Crippen molar-refractivity contribution in [3.63, 3.8) is 0 Å². The molecule has 43 heavy (non-hydrogen) atoms. The summed E-state index contributed by atoms with van der Waals surface area (Å²) in [4.78, 5) is 58.0. The molecule has 4 heterocycles. The minimum Gasteiger partial charge on any atom is -0.455 e. The van der Waals surface area contributed by atoms with Crippen LogP contribution in [0.1, 0.15) is 30.1 Å². The van der Waals surface area contributed by atoms with Gasteiger partial charge in [0, 0.05) is 26.1 Å². The monoisotopic (exact) mass is 585 g/mol. The van der Waals surface area contributed by atoms with E-state index < -0.39 is 47.6 Å². The Morgan fingerprint density at radius 1 is 0.953 bits per heavy atom. The van der Waals surface area contributed by atoms with Crippen molar-refractivity contribution in [3.05, 3.63) is 96.1 Å². The number of ether oxygens (including phenoxy) is 2. The van der Waals surface area contributed by atoms with Crippen molar-refractivity contribution >= 4 is 23.7 Å². The molecule has 4 aliphatic rings. The molecule has 1 spiro atoms. The third kappa shape index (κ3) is 5.36. The number of carbonyl (C=O) groups excluding carboxylic acids is 4. The Morgan fingerprint density at radius 3 is 2.44 bits per heavy atom. The van der Waals surface area contributed by atoms with Crippen LogP contribution in [-0.4, -0.2) is 82.6 Å². The predicted octanol–water partition coefficient (Wildman–Crippen LogP) is 1.91. The van der Waals surface area contributed by atoms with Crippen LogP contribution in [0.25, 0.3) is 0 Å². The zero-order valence-electron chi connectivity index (χ0n) is 23.7. The Kier molecular flexibility index (Phi) is 8.14. The Balaban J connectivity index is 1.39. The van der Waals surface area contributed by atoms with Gasteiger partial charge in [0.15, 0.2) is 0 Å². The number of esters is 1. The second-order valence-corrected chi connectivity index (χ2v) is 11.3. The molecule has 3 amide bonds. The molecule has 10 heteroatoms. The highest BCUT2D eigenvalue weighted by Crippen LogP contribution is 2.55. The number of allylic oxidation sites excluding steroid dienone is 1. The van der Waals surface area contributed by atoms with E-state index in [-0.39, 0.29) is 51.0 Å². The van der Waals surface area contributed by atoms with Crippen LogP contribution in [0.5, 0.6) is 0 Å². The molecule has 0 saturated carbocycles. The highest BCUT2D eigenvalue weighted by Gasteiger charge is 2.73. The number of nitrogens with one attached hydrogen (secondary N) is 1. The zero-order chi connectivity index (χ0) is 30.0. The van der Waals surface area contributed by atoms with E-state index in [1.807, 2.05) is 72.8 Å². The first-order valence-electron chi connectivity index (χ1n) is 14.7. The number of carbonyl (C=O) groups is 4. The molecule has 0 radical (unpaired) electrons. The molecular formula is C33H35N3O7. The van der Waals surface area contributed by atoms with E-state index in [4.69, 9.17) is 9.47 Å². The van der Waals surface area contributed by atoms with Gasteiger partial charge in [-0.3, -0.25) is 19.2 Å². The number of hydrogen-bond donors (Lipinski definition) is 2. The number of benzene rings is 2. The van der Waals surface area contributed by atoms with Gasteiger partial charge in [-0.15, -0.1) is 0 Å². The lowest BCUT2D eigenvalue weighted by Crippen LogP contribution is -2.56. The fourth-order valence-electron chi connectivity index (χ4n) is 6.72. The van der Waals surface area contributed by atoms with Crippen molar-refractivity contribution in [2.24, 2.45) is 11.8 Å². The first-order valence-corrected chi connectivity index (χ1v) is 14.7. The molecule has 2 fully saturated rings. The van der Waals surface area contributed by atoms with Gasteiger partial charge in [0.05, 0.1) is 25.2 Å². The first-order chi connectivity index (χ1) is 20.9. The predicted molar refractivity (Wildman–Crippen MR) is 155 cm³/mol. The van der Waals surface area contributed by atoms with Gasteiger partial charge in [-0.2, -0.15) is 0 Å². The smallest absolute Gasteiger partial charge is 0.313 e. The number of cyclic esters (lactones) is 1. The van der Waals surface area contributed by atoms with E-state index in [9.17, 15) is 24.3 Å². The van der Waals surface area contributed by atoms with E-state index in [1.54, 1.807) is 17.1 Å². The number of β-amino-alcohol motifs (C(OH)–C–C–N with tert-alkyl or cyclic N) is 1.